The number of carboxylic acid groups (broad SMARTS) is 1. The van der Waals surface area contributed by atoms with Crippen LogP contribution in [-0.2, 0) is 11.8 Å². The average molecular weight is 455 g/mol. The van der Waals surface area contributed by atoms with Crippen molar-refractivity contribution in [3.05, 3.63) is 65.5 Å². The molecule has 0 aliphatic heterocycles. The number of ether oxygens (including phenoxy) is 1. The van der Waals surface area contributed by atoms with Crippen molar-refractivity contribution in [3.63, 3.8) is 0 Å². The largest absolute Gasteiger partial charge is 0.483 e. The second kappa shape index (κ2) is 10.3. The van der Waals surface area contributed by atoms with Crippen LogP contribution in [0.1, 0.15) is 54.5 Å². The number of carboxylic acids is 1. The number of anilines is 1. The van der Waals surface area contributed by atoms with Crippen molar-refractivity contribution in [1.82, 2.24) is 14.8 Å². The summed E-state index contributed by atoms with van der Waals surface area (Å²) in [5, 5.41) is 20.7. The molecular formula is C23H26N4O4S. The van der Waals surface area contributed by atoms with Gasteiger partial charge in [0.15, 0.2) is 17.1 Å². The Kier molecular flexibility index (Phi) is 7.53. The van der Waals surface area contributed by atoms with Gasteiger partial charge in [-0.25, -0.2) is 4.79 Å². The monoisotopic (exact) mass is 454 g/mol. The topological polar surface area (TPSA) is 106 Å². The molecule has 1 amide bonds. The third kappa shape index (κ3) is 5.88. The molecule has 1 heterocycles. The van der Waals surface area contributed by atoms with Gasteiger partial charge in [-0.05, 0) is 48.7 Å². The van der Waals surface area contributed by atoms with Gasteiger partial charge < -0.3 is 19.7 Å². The molecule has 0 radical (unpaired) electrons. The number of carbonyl (C=O) groups excluding carboxylic acids is 1. The summed E-state index contributed by atoms with van der Waals surface area (Å²) < 4.78 is 7.81. The molecule has 0 saturated heterocycles. The summed E-state index contributed by atoms with van der Waals surface area (Å²) in [7, 11) is 1.83. The lowest BCUT2D eigenvalue weighted by Crippen LogP contribution is -2.15. The Morgan fingerprint density at radius 2 is 1.84 bits per heavy atom. The molecule has 0 saturated carbocycles. The van der Waals surface area contributed by atoms with E-state index in [0.717, 1.165) is 5.75 Å². The fourth-order valence-corrected chi connectivity index (χ4v) is 3.77. The number of carbonyl (C=O) groups is 2. The molecule has 1 unspecified atom stereocenters. The van der Waals surface area contributed by atoms with Crippen LogP contribution in [0.15, 0.2) is 53.7 Å². The predicted octanol–water partition coefficient (Wildman–Crippen LogP) is 4.51. The molecule has 0 bridgehead atoms. The normalized spacial score (nSPS) is 11.9. The van der Waals surface area contributed by atoms with E-state index in [1.54, 1.807) is 16.7 Å². The van der Waals surface area contributed by atoms with Crippen LogP contribution in [0.4, 0.5) is 5.69 Å². The molecule has 168 valence electrons. The van der Waals surface area contributed by atoms with Crippen LogP contribution in [0.2, 0.25) is 0 Å². The number of amides is 1. The molecule has 0 fully saturated rings. The lowest BCUT2D eigenvalue weighted by molar-refractivity contribution is -0.113. The van der Waals surface area contributed by atoms with Crippen LogP contribution in [0.3, 0.4) is 0 Å². The Labute approximate surface area is 191 Å². The highest BCUT2D eigenvalue weighted by Crippen LogP contribution is 2.25. The molecule has 0 aliphatic carbocycles. The van der Waals surface area contributed by atoms with Crippen molar-refractivity contribution in [2.45, 2.75) is 37.9 Å². The molecule has 3 rings (SSSR count). The minimum atomic E-state index is -1.05. The van der Waals surface area contributed by atoms with Crippen molar-refractivity contribution in [3.8, 4) is 5.75 Å². The highest BCUT2D eigenvalue weighted by molar-refractivity contribution is 7.99. The van der Waals surface area contributed by atoms with E-state index < -0.39 is 5.97 Å². The maximum absolute atomic E-state index is 12.3. The minimum absolute atomic E-state index is 0.106. The summed E-state index contributed by atoms with van der Waals surface area (Å²) in [4.78, 5) is 23.3. The zero-order valence-corrected chi connectivity index (χ0v) is 19.2. The summed E-state index contributed by atoms with van der Waals surface area (Å²) in [6, 6.07) is 14.1. The van der Waals surface area contributed by atoms with E-state index in [9.17, 15) is 9.59 Å². The minimum Gasteiger partial charge on any atom is -0.483 e. The first kappa shape index (κ1) is 23.3. The Morgan fingerprint density at radius 3 is 2.50 bits per heavy atom. The SMILES string of the molecule is CC(C)c1ccc(OC(C)c2nnc(SCC(=O)Nc3cccc(C(=O)O)c3)n2C)cc1. The van der Waals surface area contributed by atoms with E-state index in [2.05, 4.69) is 41.5 Å². The van der Waals surface area contributed by atoms with Gasteiger partial charge in [-0.3, -0.25) is 4.79 Å². The van der Waals surface area contributed by atoms with E-state index in [0.29, 0.717) is 22.6 Å². The number of aromatic carboxylic acids is 1. The standard InChI is InChI=1S/C23H26N4O4S/c1-14(2)16-8-10-19(11-9-16)31-15(3)21-25-26-23(27(21)4)32-13-20(28)24-18-7-5-6-17(12-18)22(29)30/h5-12,14-15H,13H2,1-4H3,(H,24,28)(H,29,30). The first-order valence-corrected chi connectivity index (χ1v) is 11.1. The summed E-state index contributed by atoms with van der Waals surface area (Å²) in [5.41, 5.74) is 1.79. The van der Waals surface area contributed by atoms with Gasteiger partial charge in [-0.2, -0.15) is 0 Å². The lowest BCUT2D eigenvalue weighted by Gasteiger charge is -2.15. The van der Waals surface area contributed by atoms with Crippen LogP contribution in [-0.4, -0.2) is 37.5 Å². The van der Waals surface area contributed by atoms with Crippen LogP contribution in [0, 0.1) is 0 Å². The van der Waals surface area contributed by atoms with E-state index >= 15 is 0 Å². The Bertz CT molecular complexity index is 1100. The maximum Gasteiger partial charge on any atom is 0.335 e. The van der Waals surface area contributed by atoms with E-state index in [1.165, 1.54) is 29.5 Å². The summed E-state index contributed by atoms with van der Waals surface area (Å²) in [6.07, 6.45) is -0.320. The number of rotatable bonds is 9. The summed E-state index contributed by atoms with van der Waals surface area (Å²) >= 11 is 1.24. The lowest BCUT2D eigenvalue weighted by atomic mass is 10.0. The van der Waals surface area contributed by atoms with Crippen LogP contribution < -0.4 is 10.1 Å². The summed E-state index contributed by atoms with van der Waals surface area (Å²) in [5.74, 6) is 0.649. The molecule has 2 N–H and O–H groups in total. The number of nitrogens with zero attached hydrogens (tertiary/aromatic N) is 3. The van der Waals surface area contributed by atoms with Gasteiger partial charge >= 0.3 is 5.97 Å². The molecule has 32 heavy (non-hydrogen) atoms. The number of thioether (sulfide) groups is 1. The van der Waals surface area contributed by atoms with Gasteiger partial charge in [0.1, 0.15) is 5.75 Å². The van der Waals surface area contributed by atoms with Crippen molar-refractivity contribution < 1.29 is 19.4 Å². The quantitative estimate of drug-likeness (QED) is 0.458. The van der Waals surface area contributed by atoms with Crippen LogP contribution >= 0.6 is 11.8 Å². The molecule has 8 nitrogen and oxygen atoms in total. The van der Waals surface area contributed by atoms with Crippen molar-refractivity contribution in [2.75, 3.05) is 11.1 Å². The Morgan fingerprint density at radius 1 is 1.12 bits per heavy atom. The first-order chi connectivity index (χ1) is 15.2. The summed E-state index contributed by atoms with van der Waals surface area (Å²) in [6.45, 7) is 6.19. The number of benzene rings is 2. The third-order valence-corrected chi connectivity index (χ3v) is 5.84. The predicted molar refractivity (Wildman–Crippen MR) is 123 cm³/mol. The van der Waals surface area contributed by atoms with Gasteiger partial charge in [-0.15, -0.1) is 10.2 Å². The third-order valence-electron chi connectivity index (χ3n) is 4.82. The average Bonchev–Trinajstić information content (AvgIpc) is 3.13. The number of nitrogens with one attached hydrogen (secondary N) is 1. The molecule has 3 aromatic rings. The van der Waals surface area contributed by atoms with Crippen molar-refractivity contribution in [2.24, 2.45) is 7.05 Å². The fourth-order valence-electron chi connectivity index (χ4n) is 3.05. The highest BCUT2D eigenvalue weighted by atomic mass is 32.2. The molecule has 0 spiro atoms. The van der Waals surface area contributed by atoms with E-state index in [4.69, 9.17) is 9.84 Å². The van der Waals surface area contributed by atoms with Crippen LogP contribution in [0.25, 0.3) is 0 Å². The maximum atomic E-state index is 12.3. The van der Waals surface area contributed by atoms with Gasteiger partial charge in [0.05, 0.1) is 11.3 Å². The smallest absolute Gasteiger partial charge is 0.335 e. The number of hydrogen-bond donors (Lipinski definition) is 2. The van der Waals surface area contributed by atoms with Crippen molar-refractivity contribution >= 4 is 29.3 Å². The van der Waals surface area contributed by atoms with Gasteiger partial charge in [0.25, 0.3) is 0 Å². The van der Waals surface area contributed by atoms with Crippen LogP contribution in [0.5, 0.6) is 5.75 Å². The number of aromatic nitrogens is 3. The van der Waals surface area contributed by atoms with Gasteiger partial charge in [0.2, 0.25) is 5.91 Å². The van der Waals surface area contributed by atoms with Gasteiger partial charge in [0, 0.05) is 12.7 Å². The fraction of sp³-hybridized carbons (Fsp3) is 0.304. The molecular weight excluding hydrogens is 428 g/mol. The zero-order chi connectivity index (χ0) is 23.3. The Hall–Kier alpha value is -3.33. The van der Waals surface area contributed by atoms with E-state index in [1.807, 2.05) is 26.1 Å². The van der Waals surface area contributed by atoms with Gasteiger partial charge in [-0.1, -0.05) is 43.8 Å². The second-order valence-corrected chi connectivity index (χ2v) is 8.55. The number of hydrogen-bond acceptors (Lipinski definition) is 6. The molecule has 1 atom stereocenters. The molecule has 2 aromatic carbocycles. The molecule has 0 aliphatic rings. The highest BCUT2D eigenvalue weighted by Gasteiger charge is 2.18. The first-order valence-electron chi connectivity index (χ1n) is 10.2. The second-order valence-electron chi connectivity index (χ2n) is 7.61. The van der Waals surface area contributed by atoms with E-state index in [-0.39, 0.29) is 23.3 Å². The zero-order valence-electron chi connectivity index (χ0n) is 18.4. The molecule has 9 heteroatoms. The molecule has 1 aromatic heterocycles. The Balaban J connectivity index is 1.57. The van der Waals surface area contributed by atoms with Crippen molar-refractivity contribution in [1.29, 1.82) is 0 Å².